The number of aromatic nitrogens is 2. The molecule has 96 valence electrons. The summed E-state index contributed by atoms with van der Waals surface area (Å²) in [5, 5.41) is 3.02. The normalized spacial score (nSPS) is 11.4. The molecule has 0 bridgehead atoms. The Morgan fingerprint density at radius 1 is 1.41 bits per heavy atom. The Hall–Kier alpha value is -1.41. The van der Waals surface area contributed by atoms with E-state index in [9.17, 15) is 8.42 Å². The molecule has 0 amide bonds. The summed E-state index contributed by atoms with van der Waals surface area (Å²) in [6.07, 6.45) is 3.56. The Bertz CT molecular complexity index is 474. The monoisotopic (exact) mass is 259 g/mol. The number of nitrogens with zero attached hydrogens (tertiary/aromatic N) is 2. The van der Waals surface area contributed by atoms with Crippen LogP contribution in [0.1, 0.15) is 12.5 Å². The standard InChI is InChI=1S/C9H17N5O2S/c1-3-7-6-12-9(10)14-8(7)11-4-5-13-17(2,15)16/h6,13H,3-5H2,1-2H3,(H3,10,11,12,14). The molecule has 0 spiro atoms. The van der Waals surface area contributed by atoms with E-state index in [1.54, 1.807) is 6.20 Å². The first kappa shape index (κ1) is 13.7. The highest BCUT2D eigenvalue weighted by atomic mass is 32.2. The first-order valence-corrected chi connectivity index (χ1v) is 7.11. The number of aryl methyl sites for hydroxylation is 1. The van der Waals surface area contributed by atoms with Gasteiger partial charge in [0.2, 0.25) is 16.0 Å². The maximum atomic E-state index is 10.8. The van der Waals surface area contributed by atoms with Crippen molar-refractivity contribution in [3.63, 3.8) is 0 Å². The minimum atomic E-state index is -3.15. The van der Waals surface area contributed by atoms with E-state index in [1.807, 2.05) is 6.92 Å². The fourth-order valence-corrected chi connectivity index (χ4v) is 1.72. The van der Waals surface area contributed by atoms with Crippen LogP contribution in [0.25, 0.3) is 0 Å². The highest BCUT2D eigenvalue weighted by Crippen LogP contribution is 2.12. The first-order valence-electron chi connectivity index (χ1n) is 5.22. The van der Waals surface area contributed by atoms with Crippen LogP contribution in [-0.4, -0.2) is 37.7 Å². The van der Waals surface area contributed by atoms with E-state index >= 15 is 0 Å². The van der Waals surface area contributed by atoms with Crippen molar-refractivity contribution < 1.29 is 8.42 Å². The predicted molar refractivity (Wildman–Crippen MR) is 67.2 cm³/mol. The molecule has 0 unspecified atom stereocenters. The minimum absolute atomic E-state index is 0.195. The number of rotatable bonds is 6. The van der Waals surface area contributed by atoms with Crippen LogP contribution in [0.2, 0.25) is 0 Å². The van der Waals surface area contributed by atoms with Gasteiger partial charge in [-0.3, -0.25) is 0 Å². The zero-order valence-corrected chi connectivity index (χ0v) is 10.7. The van der Waals surface area contributed by atoms with Crippen LogP contribution in [0.4, 0.5) is 11.8 Å². The lowest BCUT2D eigenvalue weighted by atomic mass is 10.2. The van der Waals surface area contributed by atoms with E-state index in [0.29, 0.717) is 18.9 Å². The topological polar surface area (TPSA) is 110 Å². The Morgan fingerprint density at radius 3 is 2.71 bits per heavy atom. The zero-order valence-electron chi connectivity index (χ0n) is 9.90. The predicted octanol–water partition coefficient (Wildman–Crippen LogP) is -0.418. The second kappa shape index (κ2) is 5.78. The van der Waals surface area contributed by atoms with Crippen LogP contribution in [0, 0.1) is 0 Å². The van der Waals surface area contributed by atoms with Gasteiger partial charge in [-0.05, 0) is 6.42 Å². The molecule has 0 aliphatic rings. The minimum Gasteiger partial charge on any atom is -0.368 e. The number of anilines is 2. The maximum absolute atomic E-state index is 10.8. The van der Waals surface area contributed by atoms with Crippen molar-refractivity contribution in [2.45, 2.75) is 13.3 Å². The van der Waals surface area contributed by atoms with Crippen molar-refractivity contribution in [1.29, 1.82) is 0 Å². The maximum Gasteiger partial charge on any atom is 0.221 e. The van der Waals surface area contributed by atoms with E-state index in [4.69, 9.17) is 5.73 Å². The third-order valence-corrected chi connectivity index (χ3v) is 2.77. The molecule has 17 heavy (non-hydrogen) atoms. The van der Waals surface area contributed by atoms with Gasteiger partial charge in [0.25, 0.3) is 0 Å². The molecule has 1 heterocycles. The van der Waals surface area contributed by atoms with Gasteiger partial charge < -0.3 is 11.1 Å². The van der Waals surface area contributed by atoms with Crippen LogP contribution in [0.5, 0.6) is 0 Å². The van der Waals surface area contributed by atoms with Crippen molar-refractivity contribution >= 4 is 21.8 Å². The van der Waals surface area contributed by atoms with Crippen molar-refractivity contribution in [3.8, 4) is 0 Å². The third-order valence-electron chi connectivity index (χ3n) is 2.05. The lowest BCUT2D eigenvalue weighted by molar-refractivity contribution is 0.589. The smallest absolute Gasteiger partial charge is 0.221 e. The summed E-state index contributed by atoms with van der Waals surface area (Å²) in [5.41, 5.74) is 6.43. The average molecular weight is 259 g/mol. The quantitative estimate of drug-likeness (QED) is 0.599. The molecule has 1 rings (SSSR count). The van der Waals surface area contributed by atoms with E-state index in [0.717, 1.165) is 18.2 Å². The van der Waals surface area contributed by atoms with E-state index < -0.39 is 10.0 Å². The van der Waals surface area contributed by atoms with Crippen LogP contribution in [0.15, 0.2) is 6.20 Å². The van der Waals surface area contributed by atoms with Gasteiger partial charge >= 0.3 is 0 Å². The summed E-state index contributed by atoms with van der Waals surface area (Å²) < 4.78 is 24.0. The molecule has 0 aromatic carbocycles. The fraction of sp³-hybridized carbons (Fsp3) is 0.556. The molecule has 0 atom stereocenters. The summed E-state index contributed by atoms with van der Waals surface area (Å²) in [6.45, 7) is 2.72. The van der Waals surface area contributed by atoms with Crippen molar-refractivity contribution in [2.24, 2.45) is 0 Å². The number of sulfonamides is 1. The van der Waals surface area contributed by atoms with Gasteiger partial charge in [-0.25, -0.2) is 18.1 Å². The highest BCUT2D eigenvalue weighted by molar-refractivity contribution is 7.88. The Balaban J connectivity index is 2.54. The van der Waals surface area contributed by atoms with E-state index in [2.05, 4.69) is 20.0 Å². The summed E-state index contributed by atoms with van der Waals surface area (Å²) >= 11 is 0. The third kappa shape index (κ3) is 4.96. The molecule has 1 aromatic rings. The molecule has 0 fully saturated rings. The SMILES string of the molecule is CCc1cnc(N)nc1NCCNS(C)(=O)=O. The Morgan fingerprint density at radius 2 is 2.12 bits per heavy atom. The molecule has 1 aromatic heterocycles. The largest absolute Gasteiger partial charge is 0.368 e. The molecular weight excluding hydrogens is 242 g/mol. The van der Waals surface area contributed by atoms with Crippen LogP contribution < -0.4 is 15.8 Å². The van der Waals surface area contributed by atoms with Gasteiger partial charge in [0.05, 0.1) is 6.26 Å². The first-order chi connectivity index (χ1) is 7.92. The van der Waals surface area contributed by atoms with Gasteiger partial charge in [0.15, 0.2) is 0 Å². The number of nitrogens with two attached hydrogens (primary N) is 1. The fourth-order valence-electron chi connectivity index (χ4n) is 1.25. The van der Waals surface area contributed by atoms with E-state index in [-0.39, 0.29) is 5.95 Å². The number of hydrogen-bond donors (Lipinski definition) is 3. The van der Waals surface area contributed by atoms with Crippen molar-refractivity contribution in [1.82, 2.24) is 14.7 Å². The van der Waals surface area contributed by atoms with Crippen molar-refractivity contribution in [3.05, 3.63) is 11.8 Å². The van der Waals surface area contributed by atoms with Crippen LogP contribution in [0.3, 0.4) is 0 Å². The van der Waals surface area contributed by atoms with Crippen molar-refractivity contribution in [2.75, 3.05) is 30.4 Å². The van der Waals surface area contributed by atoms with Gasteiger partial charge in [-0.1, -0.05) is 6.92 Å². The molecule has 0 aliphatic heterocycles. The summed E-state index contributed by atoms with van der Waals surface area (Å²) in [7, 11) is -3.15. The number of hydrogen-bond acceptors (Lipinski definition) is 6. The highest BCUT2D eigenvalue weighted by Gasteiger charge is 2.04. The number of nitrogens with one attached hydrogen (secondary N) is 2. The molecule has 0 aliphatic carbocycles. The average Bonchev–Trinajstić information content (AvgIpc) is 2.23. The zero-order chi connectivity index (χ0) is 12.9. The Kier molecular flexibility index (Phi) is 4.64. The molecular formula is C9H17N5O2S. The second-order valence-electron chi connectivity index (χ2n) is 3.55. The molecule has 7 nitrogen and oxygen atoms in total. The molecule has 0 saturated heterocycles. The lowest BCUT2D eigenvalue weighted by Crippen LogP contribution is -2.28. The molecule has 8 heteroatoms. The van der Waals surface area contributed by atoms with Crippen LogP contribution >= 0.6 is 0 Å². The van der Waals surface area contributed by atoms with Gasteiger partial charge in [-0.2, -0.15) is 4.98 Å². The van der Waals surface area contributed by atoms with Gasteiger partial charge in [0, 0.05) is 24.8 Å². The van der Waals surface area contributed by atoms with E-state index in [1.165, 1.54) is 0 Å². The molecule has 0 radical (unpaired) electrons. The molecule has 0 saturated carbocycles. The molecule has 4 N–H and O–H groups in total. The van der Waals surface area contributed by atoms with Gasteiger partial charge in [-0.15, -0.1) is 0 Å². The lowest BCUT2D eigenvalue weighted by Gasteiger charge is -2.09. The number of nitrogen functional groups attached to an aromatic ring is 1. The summed E-state index contributed by atoms with van der Waals surface area (Å²) in [4.78, 5) is 7.95. The summed E-state index contributed by atoms with van der Waals surface area (Å²) in [6, 6.07) is 0. The van der Waals surface area contributed by atoms with Crippen LogP contribution in [-0.2, 0) is 16.4 Å². The Labute approximate surface area is 101 Å². The van der Waals surface area contributed by atoms with Gasteiger partial charge in [0.1, 0.15) is 5.82 Å². The summed E-state index contributed by atoms with van der Waals surface area (Å²) in [5.74, 6) is 0.844. The second-order valence-corrected chi connectivity index (χ2v) is 5.38.